The summed E-state index contributed by atoms with van der Waals surface area (Å²) in [5, 5.41) is 0. The summed E-state index contributed by atoms with van der Waals surface area (Å²) in [6, 6.07) is 14.3. The van der Waals surface area contributed by atoms with Crippen LogP contribution in [0.5, 0.6) is 5.75 Å². The summed E-state index contributed by atoms with van der Waals surface area (Å²) in [5.74, 6) is 0.449. The number of carbonyl (C=O) groups is 1. The average molecular weight is 384 g/mol. The van der Waals surface area contributed by atoms with Crippen LogP contribution in [-0.2, 0) is 16.1 Å². The molecule has 2 aromatic rings. The molecule has 4 rings (SSSR count). The molecule has 2 aliphatic heterocycles. The molecule has 28 heavy (non-hydrogen) atoms. The maximum atomic E-state index is 13.6. The fourth-order valence-electron chi connectivity index (χ4n) is 4.09. The fourth-order valence-corrected chi connectivity index (χ4v) is 4.09. The first kappa shape index (κ1) is 18.9. The normalized spacial score (nSPS) is 19.8. The Morgan fingerprint density at radius 1 is 1.14 bits per heavy atom. The minimum absolute atomic E-state index is 0.0447. The van der Waals surface area contributed by atoms with Crippen LogP contribution in [0.1, 0.15) is 18.4 Å². The van der Waals surface area contributed by atoms with Gasteiger partial charge in [-0.25, -0.2) is 4.39 Å². The van der Waals surface area contributed by atoms with Gasteiger partial charge in [0, 0.05) is 30.9 Å². The van der Waals surface area contributed by atoms with E-state index in [0.29, 0.717) is 12.2 Å². The third-order valence-electron chi connectivity index (χ3n) is 5.72. The van der Waals surface area contributed by atoms with Crippen molar-refractivity contribution in [2.24, 2.45) is 0 Å². The van der Waals surface area contributed by atoms with Crippen LogP contribution in [0.2, 0.25) is 0 Å². The Kier molecular flexibility index (Phi) is 5.33. The molecule has 148 valence electrons. The van der Waals surface area contributed by atoms with Gasteiger partial charge in [0.25, 0.3) is 5.91 Å². The van der Waals surface area contributed by atoms with Crippen molar-refractivity contribution in [3.05, 3.63) is 59.9 Å². The van der Waals surface area contributed by atoms with Gasteiger partial charge in [0.2, 0.25) is 0 Å². The molecule has 0 aliphatic carbocycles. The zero-order valence-corrected chi connectivity index (χ0v) is 16.1. The lowest BCUT2D eigenvalue weighted by molar-refractivity contribution is -0.145. The van der Waals surface area contributed by atoms with Gasteiger partial charge < -0.3 is 14.4 Å². The van der Waals surface area contributed by atoms with Crippen LogP contribution in [-0.4, -0.2) is 49.8 Å². The number of halogens is 1. The number of ether oxygens (including phenoxy) is 2. The number of nitrogens with zero attached hydrogens (tertiary/aromatic N) is 2. The lowest BCUT2D eigenvalue weighted by Gasteiger charge is -2.47. The molecular formula is C22H25FN2O3. The summed E-state index contributed by atoms with van der Waals surface area (Å²) in [7, 11) is 1.69. The number of carbonyl (C=O) groups excluding carboxylic acids is 1. The molecule has 1 spiro atoms. The Bertz CT molecular complexity index is 849. The van der Waals surface area contributed by atoms with Crippen LogP contribution in [0.25, 0.3) is 0 Å². The minimum atomic E-state index is -0.364. The number of hydrogen-bond donors (Lipinski definition) is 0. The van der Waals surface area contributed by atoms with Gasteiger partial charge in [-0.15, -0.1) is 0 Å². The average Bonchev–Trinajstić information content (AvgIpc) is 2.72. The summed E-state index contributed by atoms with van der Waals surface area (Å²) in [5.41, 5.74) is 1.41. The number of amides is 1. The van der Waals surface area contributed by atoms with Crippen molar-refractivity contribution in [1.29, 1.82) is 0 Å². The molecular weight excluding hydrogens is 359 g/mol. The molecule has 2 aromatic carbocycles. The number of piperidine rings is 1. The Morgan fingerprint density at radius 3 is 2.68 bits per heavy atom. The smallest absolute Gasteiger partial charge is 0.253 e. The first-order chi connectivity index (χ1) is 13.6. The van der Waals surface area contributed by atoms with Gasteiger partial charge in [-0.2, -0.15) is 0 Å². The number of morpholine rings is 1. The van der Waals surface area contributed by atoms with Crippen molar-refractivity contribution in [2.75, 3.05) is 38.3 Å². The van der Waals surface area contributed by atoms with Gasteiger partial charge in [0.15, 0.2) is 0 Å². The molecule has 6 heteroatoms. The number of para-hydroxylation sites is 1. The highest BCUT2D eigenvalue weighted by molar-refractivity contribution is 5.95. The maximum Gasteiger partial charge on any atom is 0.253 e. The van der Waals surface area contributed by atoms with E-state index >= 15 is 0 Å². The monoisotopic (exact) mass is 384 g/mol. The lowest BCUT2D eigenvalue weighted by atomic mass is 9.88. The zero-order chi connectivity index (χ0) is 19.6. The van der Waals surface area contributed by atoms with Crippen molar-refractivity contribution in [1.82, 2.24) is 4.90 Å². The highest BCUT2D eigenvalue weighted by Crippen LogP contribution is 2.34. The molecule has 1 amide bonds. The van der Waals surface area contributed by atoms with Crippen LogP contribution in [0.15, 0.2) is 48.5 Å². The van der Waals surface area contributed by atoms with E-state index in [0.717, 1.165) is 38.2 Å². The summed E-state index contributed by atoms with van der Waals surface area (Å²) in [6.45, 7) is 3.10. The third-order valence-corrected chi connectivity index (χ3v) is 5.72. The molecule has 2 heterocycles. The first-order valence-corrected chi connectivity index (χ1v) is 9.63. The highest BCUT2D eigenvalue weighted by Gasteiger charge is 2.42. The largest absolute Gasteiger partial charge is 0.496 e. The van der Waals surface area contributed by atoms with Gasteiger partial charge in [-0.3, -0.25) is 9.69 Å². The van der Waals surface area contributed by atoms with E-state index in [-0.39, 0.29) is 23.9 Å². The topological polar surface area (TPSA) is 42.0 Å². The summed E-state index contributed by atoms with van der Waals surface area (Å²) in [4.78, 5) is 16.4. The van der Waals surface area contributed by atoms with Crippen LogP contribution < -0.4 is 9.64 Å². The second-order valence-corrected chi connectivity index (χ2v) is 7.52. The standard InChI is InChI=1S/C22H25FN2O3/c1-27-20-8-3-2-5-17(20)14-24-11-9-22(10-12-24)16-25(21(26)15-28-22)19-7-4-6-18(23)13-19/h2-8,13H,9-12,14-16H2,1H3. The molecule has 0 bridgehead atoms. The summed E-state index contributed by atoms with van der Waals surface area (Å²) < 4.78 is 25.1. The molecule has 0 radical (unpaired) electrons. The number of methoxy groups -OCH3 is 1. The Labute approximate surface area is 164 Å². The van der Waals surface area contributed by atoms with Crippen molar-refractivity contribution in [2.45, 2.75) is 25.0 Å². The molecule has 2 fully saturated rings. The Hall–Kier alpha value is -2.44. The second kappa shape index (κ2) is 7.89. The Morgan fingerprint density at radius 2 is 1.93 bits per heavy atom. The van der Waals surface area contributed by atoms with Crippen LogP contribution >= 0.6 is 0 Å². The fraction of sp³-hybridized carbons (Fsp3) is 0.409. The van der Waals surface area contributed by atoms with Crippen molar-refractivity contribution in [3.8, 4) is 5.75 Å². The maximum absolute atomic E-state index is 13.6. The summed E-state index contributed by atoms with van der Waals surface area (Å²) >= 11 is 0. The molecule has 0 aromatic heterocycles. The predicted octanol–water partition coefficient (Wildman–Crippen LogP) is 3.23. The molecule has 0 saturated carbocycles. The van der Waals surface area contributed by atoms with Gasteiger partial charge >= 0.3 is 0 Å². The number of benzene rings is 2. The molecule has 2 aliphatic rings. The summed E-state index contributed by atoms with van der Waals surface area (Å²) in [6.07, 6.45) is 1.67. The van der Waals surface area contributed by atoms with Crippen LogP contribution in [0.4, 0.5) is 10.1 Å². The number of rotatable bonds is 4. The van der Waals surface area contributed by atoms with E-state index in [1.807, 2.05) is 18.2 Å². The quantitative estimate of drug-likeness (QED) is 0.812. The van der Waals surface area contributed by atoms with Crippen molar-refractivity contribution >= 4 is 11.6 Å². The zero-order valence-electron chi connectivity index (χ0n) is 16.1. The second-order valence-electron chi connectivity index (χ2n) is 7.52. The van der Waals surface area contributed by atoms with E-state index in [1.165, 1.54) is 17.7 Å². The molecule has 0 unspecified atom stereocenters. The van der Waals surface area contributed by atoms with Crippen LogP contribution in [0.3, 0.4) is 0 Å². The number of hydrogen-bond acceptors (Lipinski definition) is 4. The number of anilines is 1. The third kappa shape index (κ3) is 3.88. The lowest BCUT2D eigenvalue weighted by Crippen LogP contribution is -2.58. The molecule has 5 nitrogen and oxygen atoms in total. The number of likely N-dealkylation sites (tertiary alicyclic amines) is 1. The minimum Gasteiger partial charge on any atom is -0.496 e. The van der Waals surface area contributed by atoms with Gasteiger partial charge in [0.1, 0.15) is 18.2 Å². The van der Waals surface area contributed by atoms with E-state index in [4.69, 9.17) is 9.47 Å². The van der Waals surface area contributed by atoms with Gasteiger partial charge in [-0.05, 0) is 37.1 Å². The van der Waals surface area contributed by atoms with E-state index in [2.05, 4.69) is 11.0 Å². The van der Waals surface area contributed by atoms with Gasteiger partial charge in [0.05, 0.1) is 19.3 Å². The van der Waals surface area contributed by atoms with E-state index in [1.54, 1.807) is 24.1 Å². The SMILES string of the molecule is COc1ccccc1CN1CCC2(CC1)CN(c1cccc(F)c1)C(=O)CO2. The molecule has 2 saturated heterocycles. The Balaban J connectivity index is 1.42. The first-order valence-electron chi connectivity index (χ1n) is 9.63. The predicted molar refractivity (Wildman–Crippen MR) is 105 cm³/mol. The van der Waals surface area contributed by atoms with Crippen molar-refractivity contribution in [3.63, 3.8) is 0 Å². The van der Waals surface area contributed by atoms with Crippen molar-refractivity contribution < 1.29 is 18.7 Å². The van der Waals surface area contributed by atoms with E-state index in [9.17, 15) is 9.18 Å². The highest BCUT2D eigenvalue weighted by atomic mass is 19.1. The van der Waals surface area contributed by atoms with Crippen LogP contribution in [0, 0.1) is 5.82 Å². The van der Waals surface area contributed by atoms with E-state index < -0.39 is 0 Å². The van der Waals surface area contributed by atoms with Gasteiger partial charge in [-0.1, -0.05) is 24.3 Å². The molecule has 0 N–H and O–H groups in total. The molecule has 0 atom stereocenters.